The van der Waals surface area contributed by atoms with Crippen molar-refractivity contribution in [2.75, 3.05) is 19.8 Å². The van der Waals surface area contributed by atoms with Crippen LogP contribution >= 0.6 is 12.2 Å². The van der Waals surface area contributed by atoms with Gasteiger partial charge in [-0.2, -0.15) is 5.26 Å². The highest BCUT2D eigenvalue weighted by Crippen LogP contribution is 2.12. The molecule has 24 heavy (non-hydrogen) atoms. The van der Waals surface area contributed by atoms with Gasteiger partial charge in [0.15, 0.2) is 0 Å². The molecule has 0 bridgehead atoms. The Morgan fingerprint density at radius 1 is 1.58 bits per heavy atom. The molecular formula is C16H19N5O2S. The Morgan fingerprint density at radius 2 is 2.38 bits per heavy atom. The standard InChI is InChI=1S/C16H19N5O2S/c1-2-3-9-20-11-19-14-6-5-12(21(22)23)10-13(14)15(20)16(24)18-8-4-7-17/h5-6,10H,2-4,8-9,11H2,1H3,(H,18,24). The maximum Gasteiger partial charge on any atom is 0.270 e. The minimum Gasteiger partial charge on any atom is -0.374 e. The summed E-state index contributed by atoms with van der Waals surface area (Å²) in [6.45, 7) is 3.79. The third-order valence-corrected chi connectivity index (χ3v) is 4.03. The summed E-state index contributed by atoms with van der Waals surface area (Å²) >= 11 is 5.49. The average Bonchev–Trinajstić information content (AvgIpc) is 2.58. The summed E-state index contributed by atoms with van der Waals surface area (Å²) in [5.74, 6) is 0. The Morgan fingerprint density at radius 3 is 3.04 bits per heavy atom. The van der Waals surface area contributed by atoms with E-state index < -0.39 is 4.92 Å². The number of nitrogens with one attached hydrogen (secondary N) is 1. The molecule has 0 saturated carbocycles. The molecule has 126 valence electrons. The quantitative estimate of drug-likeness (QED) is 0.346. The van der Waals surface area contributed by atoms with Crippen LogP contribution in [0.2, 0.25) is 0 Å². The summed E-state index contributed by atoms with van der Waals surface area (Å²) in [7, 11) is 0. The first kappa shape index (κ1) is 17.8. The van der Waals surface area contributed by atoms with E-state index in [-0.39, 0.29) is 5.69 Å². The first-order valence-electron chi connectivity index (χ1n) is 7.81. The number of nitro benzene ring substituents is 1. The number of unbranched alkanes of at least 4 members (excludes halogenated alkanes) is 1. The molecule has 1 N–H and O–H groups in total. The van der Waals surface area contributed by atoms with Crippen molar-refractivity contribution < 1.29 is 4.92 Å². The lowest BCUT2D eigenvalue weighted by Crippen LogP contribution is -2.46. The zero-order chi connectivity index (χ0) is 17.5. The minimum absolute atomic E-state index is 0.0126. The zero-order valence-corrected chi connectivity index (χ0v) is 14.3. The lowest BCUT2D eigenvalue weighted by atomic mass is 10.1. The molecule has 0 atom stereocenters. The van der Waals surface area contributed by atoms with E-state index in [2.05, 4.69) is 23.3 Å². The summed E-state index contributed by atoms with van der Waals surface area (Å²) in [6.07, 6.45) is 2.35. The Balaban J connectivity index is 2.51. The van der Waals surface area contributed by atoms with Crippen molar-refractivity contribution in [2.24, 2.45) is 4.99 Å². The number of fused-ring (bicyclic) bond motifs is 1. The van der Waals surface area contributed by atoms with Crippen molar-refractivity contribution >= 4 is 28.6 Å². The van der Waals surface area contributed by atoms with Gasteiger partial charge in [-0.1, -0.05) is 25.6 Å². The van der Waals surface area contributed by atoms with Crippen LogP contribution in [-0.4, -0.2) is 34.6 Å². The van der Waals surface area contributed by atoms with Crippen molar-refractivity contribution in [1.29, 1.82) is 5.26 Å². The van der Waals surface area contributed by atoms with Crippen molar-refractivity contribution in [2.45, 2.75) is 26.2 Å². The van der Waals surface area contributed by atoms with Gasteiger partial charge < -0.3 is 10.2 Å². The Bertz CT molecular complexity index is 800. The van der Waals surface area contributed by atoms with E-state index in [1.54, 1.807) is 6.07 Å². The van der Waals surface area contributed by atoms with E-state index >= 15 is 0 Å². The van der Waals surface area contributed by atoms with E-state index in [9.17, 15) is 10.1 Å². The van der Waals surface area contributed by atoms with Crippen molar-refractivity contribution in [3.63, 3.8) is 0 Å². The summed E-state index contributed by atoms with van der Waals surface area (Å²) in [6, 6.07) is 6.69. The van der Waals surface area contributed by atoms with Crippen LogP contribution in [0.1, 0.15) is 26.2 Å². The molecule has 1 heterocycles. The van der Waals surface area contributed by atoms with Gasteiger partial charge in [0.1, 0.15) is 11.7 Å². The molecule has 7 nitrogen and oxygen atoms in total. The molecule has 0 aromatic heterocycles. The molecule has 1 aromatic carbocycles. The molecule has 1 aliphatic heterocycles. The maximum atomic E-state index is 11.1. The molecule has 8 heteroatoms. The molecular weight excluding hydrogens is 326 g/mol. The van der Waals surface area contributed by atoms with Gasteiger partial charge in [-0.25, -0.2) is 0 Å². The van der Waals surface area contributed by atoms with E-state index in [4.69, 9.17) is 17.5 Å². The summed E-state index contributed by atoms with van der Waals surface area (Å²) < 4.78 is 0. The average molecular weight is 345 g/mol. The Hall–Kier alpha value is -2.53. The maximum absolute atomic E-state index is 11.1. The molecule has 0 saturated heterocycles. The zero-order valence-electron chi connectivity index (χ0n) is 13.5. The predicted octanol–water partition coefficient (Wildman–Crippen LogP) is 1.23. The van der Waals surface area contributed by atoms with Gasteiger partial charge in [-0.3, -0.25) is 15.1 Å². The fourth-order valence-electron chi connectivity index (χ4n) is 2.48. The fourth-order valence-corrected chi connectivity index (χ4v) is 2.82. The Kier molecular flexibility index (Phi) is 6.21. The molecule has 0 fully saturated rings. The number of benzene rings is 1. The first-order valence-corrected chi connectivity index (χ1v) is 8.22. The van der Waals surface area contributed by atoms with Crippen LogP contribution in [0.5, 0.6) is 0 Å². The van der Waals surface area contributed by atoms with Gasteiger partial charge in [0.2, 0.25) is 0 Å². The van der Waals surface area contributed by atoms with Gasteiger partial charge in [0, 0.05) is 30.4 Å². The largest absolute Gasteiger partial charge is 0.374 e. The fraction of sp³-hybridized carbons (Fsp3) is 0.438. The first-order chi connectivity index (χ1) is 11.6. The monoisotopic (exact) mass is 345 g/mol. The van der Waals surface area contributed by atoms with Gasteiger partial charge in [0.05, 0.1) is 28.5 Å². The topological polar surface area (TPSA) is 94.6 Å². The number of nitro groups is 1. The summed E-state index contributed by atoms with van der Waals surface area (Å²) in [5, 5.41) is 24.2. The van der Waals surface area contributed by atoms with E-state index in [1.165, 1.54) is 12.1 Å². The lowest BCUT2D eigenvalue weighted by molar-refractivity contribution is -0.385. The number of hydrogen-bond donors (Lipinski definition) is 1. The number of non-ortho nitro benzene ring substituents is 1. The van der Waals surface area contributed by atoms with E-state index in [0.29, 0.717) is 35.2 Å². The van der Waals surface area contributed by atoms with Gasteiger partial charge >= 0.3 is 0 Å². The van der Waals surface area contributed by atoms with Crippen LogP contribution in [0.3, 0.4) is 0 Å². The van der Waals surface area contributed by atoms with Crippen LogP contribution in [0, 0.1) is 21.4 Å². The highest BCUT2D eigenvalue weighted by atomic mass is 32.1. The van der Waals surface area contributed by atoms with Crippen molar-refractivity contribution in [1.82, 2.24) is 10.2 Å². The van der Waals surface area contributed by atoms with E-state index in [0.717, 1.165) is 25.1 Å². The molecule has 0 amide bonds. The van der Waals surface area contributed by atoms with Crippen LogP contribution < -0.4 is 15.9 Å². The second-order valence-corrected chi connectivity index (χ2v) is 5.80. The second kappa shape index (κ2) is 8.36. The SMILES string of the molecule is CCCCN1CN=c2ccc([N+](=O)[O-])cc2=C1C(=S)NCCC#N. The van der Waals surface area contributed by atoms with Crippen molar-refractivity contribution in [3.05, 3.63) is 38.9 Å². The second-order valence-electron chi connectivity index (χ2n) is 5.39. The highest BCUT2D eigenvalue weighted by molar-refractivity contribution is 7.81. The number of rotatable bonds is 7. The number of hydrogen-bond acceptors (Lipinski definition) is 6. The third-order valence-electron chi connectivity index (χ3n) is 3.69. The van der Waals surface area contributed by atoms with E-state index in [1.807, 2.05) is 4.90 Å². The molecule has 0 radical (unpaired) electrons. The van der Waals surface area contributed by atoms with Crippen molar-refractivity contribution in [3.8, 4) is 6.07 Å². The third kappa shape index (κ3) is 4.06. The number of nitriles is 1. The summed E-state index contributed by atoms with van der Waals surface area (Å²) in [4.78, 5) is 17.7. The van der Waals surface area contributed by atoms with Gasteiger partial charge in [-0.15, -0.1) is 0 Å². The molecule has 2 rings (SSSR count). The molecule has 0 aliphatic carbocycles. The molecule has 1 aromatic rings. The van der Waals surface area contributed by atoms with Crippen LogP contribution in [0.15, 0.2) is 23.2 Å². The highest BCUT2D eigenvalue weighted by Gasteiger charge is 2.20. The summed E-state index contributed by atoms with van der Waals surface area (Å²) in [5.41, 5.74) is 0.767. The number of nitrogens with zero attached hydrogens (tertiary/aromatic N) is 4. The van der Waals surface area contributed by atoms with Gasteiger partial charge in [-0.05, 0) is 12.5 Å². The van der Waals surface area contributed by atoms with Gasteiger partial charge in [0.25, 0.3) is 5.69 Å². The van der Waals surface area contributed by atoms with Crippen LogP contribution in [-0.2, 0) is 0 Å². The smallest absolute Gasteiger partial charge is 0.270 e. The Labute approximate surface area is 145 Å². The molecule has 1 aliphatic rings. The normalized spacial score (nSPS) is 12.8. The van der Waals surface area contributed by atoms with Crippen LogP contribution in [0.4, 0.5) is 5.69 Å². The minimum atomic E-state index is -0.422. The van der Waals surface area contributed by atoms with Crippen LogP contribution in [0.25, 0.3) is 5.70 Å². The molecule has 0 unspecified atom stereocenters. The molecule has 0 spiro atoms. The number of thiocarbonyl (C=S) groups is 1. The lowest BCUT2D eigenvalue weighted by Gasteiger charge is -2.28. The predicted molar refractivity (Wildman–Crippen MR) is 94.6 cm³/mol.